The van der Waals surface area contributed by atoms with Crippen molar-refractivity contribution < 1.29 is 22.5 Å². The summed E-state index contributed by atoms with van der Waals surface area (Å²) >= 11 is 0. The van der Waals surface area contributed by atoms with Crippen LogP contribution in [0.25, 0.3) is 12.2 Å². The predicted molar refractivity (Wildman–Crippen MR) is 151 cm³/mol. The largest absolute Gasteiger partial charge is 0.486 e. The highest BCUT2D eigenvalue weighted by Gasteiger charge is 2.39. The molecule has 0 spiro atoms. The molecule has 1 amide bonds. The Morgan fingerprint density at radius 3 is 2.41 bits per heavy atom. The van der Waals surface area contributed by atoms with E-state index in [-0.39, 0.29) is 41.7 Å². The van der Waals surface area contributed by atoms with E-state index in [4.69, 9.17) is 9.26 Å². The van der Waals surface area contributed by atoms with Crippen LogP contribution in [0.15, 0.2) is 51.9 Å². The molecular formula is C30H35N3O5S. The van der Waals surface area contributed by atoms with E-state index in [0.29, 0.717) is 25.1 Å². The average molecular weight is 550 g/mol. The Morgan fingerprint density at radius 2 is 1.72 bits per heavy atom. The second-order valence-electron chi connectivity index (χ2n) is 10.5. The van der Waals surface area contributed by atoms with E-state index in [2.05, 4.69) is 5.16 Å². The van der Waals surface area contributed by atoms with Crippen molar-refractivity contribution in [1.29, 1.82) is 0 Å². The fourth-order valence-corrected chi connectivity index (χ4v) is 6.94. The van der Waals surface area contributed by atoms with Crippen molar-refractivity contribution in [2.75, 3.05) is 24.5 Å². The van der Waals surface area contributed by atoms with Gasteiger partial charge in [-0.15, -0.1) is 0 Å². The summed E-state index contributed by atoms with van der Waals surface area (Å²) in [5.74, 6) is 0.701. The van der Waals surface area contributed by atoms with Crippen molar-refractivity contribution in [3.05, 3.63) is 70.6 Å². The number of piperidine rings is 1. The lowest BCUT2D eigenvalue weighted by Crippen LogP contribution is -2.49. The minimum Gasteiger partial charge on any atom is -0.486 e. The third-order valence-corrected chi connectivity index (χ3v) is 9.60. The lowest BCUT2D eigenvalue weighted by molar-refractivity contribution is -0.124. The molecule has 39 heavy (non-hydrogen) atoms. The average Bonchev–Trinajstić information content (AvgIpc) is 3.32. The van der Waals surface area contributed by atoms with Crippen molar-refractivity contribution in [3.8, 4) is 5.75 Å². The molecule has 3 aromatic rings. The van der Waals surface area contributed by atoms with Crippen molar-refractivity contribution in [1.82, 2.24) is 9.46 Å². The molecule has 1 aromatic heterocycles. The molecule has 0 unspecified atom stereocenters. The maximum Gasteiger partial charge on any atom is 0.248 e. The van der Waals surface area contributed by atoms with E-state index in [9.17, 15) is 13.2 Å². The molecule has 5 rings (SSSR count). The first-order valence-corrected chi connectivity index (χ1v) is 14.9. The molecule has 0 bridgehead atoms. The molecule has 3 heterocycles. The fraction of sp³-hybridized carbons (Fsp3) is 0.400. The molecule has 1 atom stereocenters. The van der Waals surface area contributed by atoms with E-state index >= 15 is 0 Å². The van der Waals surface area contributed by atoms with Crippen LogP contribution >= 0.6 is 0 Å². The first-order valence-electron chi connectivity index (χ1n) is 13.5. The molecule has 0 N–H and O–H groups in total. The summed E-state index contributed by atoms with van der Waals surface area (Å²) in [6.45, 7) is 8.71. The number of aryl methyl sites for hydroxylation is 3. The number of ether oxygens (including phenoxy) is 1. The highest BCUT2D eigenvalue weighted by atomic mass is 32.2. The van der Waals surface area contributed by atoms with Gasteiger partial charge in [0, 0.05) is 19.0 Å². The lowest BCUT2D eigenvalue weighted by atomic mass is 9.95. The topological polar surface area (TPSA) is 93.0 Å². The number of rotatable bonds is 6. The summed E-state index contributed by atoms with van der Waals surface area (Å²) in [4.78, 5) is 15.6. The molecule has 0 aliphatic carbocycles. The third-order valence-electron chi connectivity index (χ3n) is 7.55. The molecule has 2 aromatic carbocycles. The van der Waals surface area contributed by atoms with Gasteiger partial charge in [0.05, 0.1) is 12.2 Å². The van der Waals surface area contributed by atoms with Crippen LogP contribution in [0, 0.1) is 26.7 Å². The van der Waals surface area contributed by atoms with Crippen LogP contribution in [-0.2, 0) is 14.8 Å². The predicted octanol–water partition coefficient (Wildman–Crippen LogP) is 5.38. The molecule has 2 aliphatic heterocycles. The molecule has 9 heteroatoms. The lowest BCUT2D eigenvalue weighted by Gasteiger charge is -2.38. The zero-order valence-electron chi connectivity index (χ0n) is 22.9. The van der Waals surface area contributed by atoms with Crippen LogP contribution in [0.4, 0.5) is 5.69 Å². The van der Waals surface area contributed by atoms with Crippen LogP contribution < -0.4 is 9.64 Å². The summed E-state index contributed by atoms with van der Waals surface area (Å²) in [6, 6.07) is 13.8. The minimum absolute atomic E-state index is 0.0310. The van der Waals surface area contributed by atoms with E-state index in [1.165, 1.54) is 4.31 Å². The van der Waals surface area contributed by atoms with Crippen LogP contribution in [0.5, 0.6) is 5.75 Å². The number of anilines is 1. The summed E-state index contributed by atoms with van der Waals surface area (Å²) in [6.07, 6.45) is 5.10. The monoisotopic (exact) mass is 549 g/mol. The Morgan fingerprint density at radius 1 is 1.03 bits per heavy atom. The van der Waals surface area contributed by atoms with E-state index in [0.717, 1.165) is 34.5 Å². The smallest absolute Gasteiger partial charge is 0.248 e. The molecule has 0 radical (unpaired) electrons. The number of nitrogens with zero attached hydrogens (tertiary/aromatic N) is 3. The van der Waals surface area contributed by atoms with Crippen LogP contribution in [0.3, 0.4) is 0 Å². The molecule has 2 aliphatic rings. The quantitative estimate of drug-likeness (QED) is 0.410. The number of hydrogen-bond donors (Lipinski definition) is 0. The summed E-state index contributed by atoms with van der Waals surface area (Å²) < 4.78 is 40.3. The molecule has 1 saturated heterocycles. The molecule has 206 valence electrons. The molecular weight excluding hydrogens is 514 g/mol. The van der Waals surface area contributed by atoms with Crippen molar-refractivity contribution >= 4 is 33.8 Å². The normalized spacial score (nSPS) is 18.8. The van der Waals surface area contributed by atoms with Gasteiger partial charge in [0.15, 0.2) is 10.7 Å². The van der Waals surface area contributed by atoms with Gasteiger partial charge in [0.2, 0.25) is 15.9 Å². The van der Waals surface area contributed by atoms with Gasteiger partial charge in [-0.3, -0.25) is 4.79 Å². The Kier molecular flexibility index (Phi) is 7.64. The highest BCUT2D eigenvalue weighted by molar-refractivity contribution is 7.89. The number of carbonyl (C=O) groups is 1. The number of benzene rings is 2. The van der Waals surface area contributed by atoms with E-state index < -0.39 is 10.0 Å². The first kappa shape index (κ1) is 27.1. The maximum atomic E-state index is 13.7. The summed E-state index contributed by atoms with van der Waals surface area (Å²) in [5, 5.41) is 3.95. The third kappa shape index (κ3) is 5.51. The zero-order chi connectivity index (χ0) is 27.7. The highest BCUT2D eigenvalue weighted by Crippen LogP contribution is 2.37. The van der Waals surface area contributed by atoms with Gasteiger partial charge < -0.3 is 14.2 Å². The summed E-state index contributed by atoms with van der Waals surface area (Å²) in [7, 11) is -3.85. The fourth-order valence-electron chi connectivity index (χ4n) is 5.22. The number of hydrogen-bond acceptors (Lipinski definition) is 6. The first-order chi connectivity index (χ1) is 18.7. The number of amides is 1. The van der Waals surface area contributed by atoms with Gasteiger partial charge in [-0.2, -0.15) is 4.31 Å². The Bertz CT molecular complexity index is 1490. The van der Waals surface area contributed by atoms with E-state index in [1.807, 2.05) is 74.2 Å². The number of sulfonamides is 1. The van der Waals surface area contributed by atoms with Crippen molar-refractivity contribution in [2.45, 2.75) is 58.0 Å². The standard InChI is InChI=1S/C30H35N3O5S/c1-5-25-19-33(26-18-21(3)8-12-27(26)37-25)30(34)24-14-16-32(17-15-24)39(35,36)29-22(4)31-38-28(29)13-11-23-9-6-20(2)7-10-23/h6-13,18,24-25H,5,14-17,19H2,1-4H3/b13-11+/t25-/m1/s1. The Labute approximate surface area is 230 Å². The van der Waals surface area contributed by atoms with Crippen LogP contribution in [-0.4, -0.2) is 49.5 Å². The zero-order valence-corrected chi connectivity index (χ0v) is 23.7. The maximum absolute atomic E-state index is 13.7. The molecule has 1 fully saturated rings. The SMILES string of the molecule is CC[C@@H]1CN(C(=O)C2CCN(S(=O)(=O)c3c(C)noc3/C=C/c3ccc(C)cc3)CC2)c2cc(C)ccc2O1. The Balaban J connectivity index is 1.31. The van der Waals surface area contributed by atoms with Gasteiger partial charge >= 0.3 is 0 Å². The van der Waals surface area contributed by atoms with Gasteiger partial charge in [-0.05, 0) is 69.4 Å². The van der Waals surface area contributed by atoms with Crippen LogP contribution in [0.1, 0.15) is 54.3 Å². The minimum atomic E-state index is -3.85. The Hall–Kier alpha value is -3.43. The van der Waals surface area contributed by atoms with Crippen molar-refractivity contribution in [2.24, 2.45) is 5.92 Å². The van der Waals surface area contributed by atoms with Gasteiger partial charge in [0.1, 0.15) is 17.5 Å². The molecule has 0 saturated carbocycles. The second-order valence-corrected chi connectivity index (χ2v) is 12.3. The van der Waals surface area contributed by atoms with E-state index in [1.54, 1.807) is 13.0 Å². The van der Waals surface area contributed by atoms with Gasteiger partial charge in [-0.1, -0.05) is 54.1 Å². The summed E-state index contributed by atoms with van der Waals surface area (Å²) in [5.41, 5.74) is 4.25. The number of fused-ring (bicyclic) bond motifs is 1. The number of carbonyl (C=O) groups excluding carboxylic acids is 1. The van der Waals surface area contributed by atoms with Gasteiger partial charge in [-0.25, -0.2) is 8.42 Å². The van der Waals surface area contributed by atoms with Crippen molar-refractivity contribution in [3.63, 3.8) is 0 Å². The van der Waals surface area contributed by atoms with Crippen LogP contribution in [0.2, 0.25) is 0 Å². The number of aromatic nitrogens is 1. The molecule has 8 nitrogen and oxygen atoms in total. The van der Waals surface area contributed by atoms with Gasteiger partial charge in [0.25, 0.3) is 0 Å². The second kappa shape index (κ2) is 11.0.